The molecular weight excluding hydrogens is 190 g/mol. The van der Waals surface area contributed by atoms with E-state index in [0.717, 1.165) is 18.7 Å². The number of rotatable bonds is 4. The maximum absolute atomic E-state index is 4.22. The number of benzene rings is 1. The summed E-state index contributed by atoms with van der Waals surface area (Å²) in [6, 6.07) is 6.66. The van der Waals surface area contributed by atoms with Crippen LogP contribution in [0.5, 0.6) is 0 Å². The van der Waals surface area contributed by atoms with E-state index in [1.165, 1.54) is 16.8 Å². The van der Waals surface area contributed by atoms with E-state index in [0.29, 0.717) is 0 Å². The molecular formula is C12H19NS. The standard InChI is InChI=1S/C12H19NS/c1-10-7-11(2)9-12(8-10)13(3)5-4-6-14/h7-9,14H,4-6H2,1-3H3. The van der Waals surface area contributed by atoms with Crippen LogP contribution in [0.2, 0.25) is 0 Å². The van der Waals surface area contributed by atoms with Crippen LogP contribution < -0.4 is 4.90 Å². The van der Waals surface area contributed by atoms with Crippen molar-refractivity contribution < 1.29 is 0 Å². The van der Waals surface area contributed by atoms with Gasteiger partial charge in [-0.3, -0.25) is 0 Å². The Morgan fingerprint density at radius 2 is 1.71 bits per heavy atom. The van der Waals surface area contributed by atoms with Crippen LogP contribution in [0.4, 0.5) is 5.69 Å². The largest absolute Gasteiger partial charge is 0.375 e. The van der Waals surface area contributed by atoms with E-state index in [1.807, 2.05) is 0 Å². The van der Waals surface area contributed by atoms with Gasteiger partial charge < -0.3 is 4.90 Å². The van der Waals surface area contributed by atoms with Gasteiger partial charge in [0.15, 0.2) is 0 Å². The third-order valence-corrected chi connectivity index (χ3v) is 2.62. The molecule has 0 aliphatic carbocycles. The minimum absolute atomic E-state index is 0.954. The van der Waals surface area contributed by atoms with Gasteiger partial charge >= 0.3 is 0 Å². The molecule has 78 valence electrons. The maximum atomic E-state index is 4.22. The monoisotopic (exact) mass is 209 g/mol. The summed E-state index contributed by atoms with van der Waals surface area (Å²) in [4.78, 5) is 2.29. The molecule has 0 saturated heterocycles. The molecule has 0 aromatic heterocycles. The van der Waals surface area contributed by atoms with Gasteiger partial charge in [0.1, 0.15) is 0 Å². The van der Waals surface area contributed by atoms with Gasteiger partial charge in [0.05, 0.1) is 0 Å². The Hall–Kier alpha value is -0.630. The van der Waals surface area contributed by atoms with Gasteiger partial charge in [-0.25, -0.2) is 0 Å². The van der Waals surface area contributed by atoms with Gasteiger partial charge in [-0.1, -0.05) is 6.07 Å². The van der Waals surface area contributed by atoms with Gasteiger partial charge in [0.25, 0.3) is 0 Å². The third-order valence-electron chi connectivity index (χ3n) is 2.30. The molecule has 0 aliphatic heterocycles. The molecule has 0 amide bonds. The van der Waals surface area contributed by atoms with Crippen molar-refractivity contribution in [3.63, 3.8) is 0 Å². The quantitative estimate of drug-likeness (QED) is 0.746. The van der Waals surface area contributed by atoms with Gasteiger partial charge in [0, 0.05) is 19.3 Å². The highest BCUT2D eigenvalue weighted by Gasteiger charge is 2.01. The van der Waals surface area contributed by atoms with Crippen LogP contribution in [0.15, 0.2) is 18.2 Å². The highest BCUT2D eigenvalue weighted by Crippen LogP contribution is 2.17. The lowest BCUT2D eigenvalue weighted by molar-refractivity contribution is 0.860. The SMILES string of the molecule is Cc1cc(C)cc(N(C)CCCS)c1. The molecule has 1 nitrogen and oxygen atoms in total. The number of hydrogen-bond donors (Lipinski definition) is 1. The van der Waals surface area contributed by atoms with Crippen molar-refractivity contribution in [3.05, 3.63) is 29.3 Å². The molecule has 0 unspecified atom stereocenters. The summed E-state index contributed by atoms with van der Waals surface area (Å²) in [6.07, 6.45) is 1.13. The Morgan fingerprint density at radius 3 is 2.21 bits per heavy atom. The van der Waals surface area contributed by atoms with E-state index >= 15 is 0 Å². The minimum atomic E-state index is 0.954. The van der Waals surface area contributed by atoms with E-state index in [4.69, 9.17) is 0 Å². The average Bonchev–Trinajstić information content (AvgIpc) is 2.12. The first-order valence-electron chi connectivity index (χ1n) is 5.04. The molecule has 2 heteroatoms. The zero-order chi connectivity index (χ0) is 10.6. The first kappa shape index (κ1) is 11.4. The fourth-order valence-electron chi connectivity index (χ4n) is 1.61. The second-order valence-corrected chi connectivity index (χ2v) is 4.29. The Morgan fingerprint density at radius 1 is 1.14 bits per heavy atom. The predicted octanol–water partition coefficient (Wildman–Crippen LogP) is 3.06. The van der Waals surface area contributed by atoms with Crippen molar-refractivity contribution >= 4 is 18.3 Å². The number of aryl methyl sites for hydroxylation is 2. The van der Waals surface area contributed by atoms with Crippen LogP contribution in [0.25, 0.3) is 0 Å². The Balaban J connectivity index is 2.73. The molecule has 1 aromatic carbocycles. The lowest BCUT2D eigenvalue weighted by atomic mass is 10.1. The molecule has 0 radical (unpaired) electrons. The van der Waals surface area contributed by atoms with Gasteiger partial charge in [0.2, 0.25) is 0 Å². The molecule has 0 bridgehead atoms. The smallest absolute Gasteiger partial charge is 0.0368 e. The van der Waals surface area contributed by atoms with Crippen molar-refractivity contribution in [3.8, 4) is 0 Å². The normalized spacial score (nSPS) is 10.3. The molecule has 0 saturated carbocycles. The van der Waals surface area contributed by atoms with Gasteiger partial charge in [-0.05, 0) is 49.3 Å². The summed E-state index contributed by atoms with van der Waals surface area (Å²) in [5, 5.41) is 0. The zero-order valence-corrected chi connectivity index (χ0v) is 10.1. The van der Waals surface area contributed by atoms with Crippen LogP contribution >= 0.6 is 12.6 Å². The van der Waals surface area contributed by atoms with Crippen molar-refractivity contribution in [2.45, 2.75) is 20.3 Å². The predicted molar refractivity (Wildman–Crippen MR) is 67.7 cm³/mol. The molecule has 0 spiro atoms. The molecule has 1 aromatic rings. The Labute approximate surface area is 92.5 Å². The number of anilines is 1. The van der Waals surface area contributed by atoms with Crippen LogP contribution in [0.3, 0.4) is 0 Å². The molecule has 0 aliphatic rings. The number of nitrogens with zero attached hydrogens (tertiary/aromatic N) is 1. The third kappa shape index (κ3) is 3.26. The van der Waals surface area contributed by atoms with E-state index in [9.17, 15) is 0 Å². The van der Waals surface area contributed by atoms with E-state index in [1.54, 1.807) is 0 Å². The molecule has 1 rings (SSSR count). The van der Waals surface area contributed by atoms with Crippen LogP contribution in [0, 0.1) is 13.8 Å². The Bertz CT molecular complexity index is 276. The van der Waals surface area contributed by atoms with Gasteiger partial charge in [-0.15, -0.1) is 0 Å². The van der Waals surface area contributed by atoms with Crippen molar-refractivity contribution in [1.82, 2.24) is 0 Å². The summed E-state index contributed by atoms with van der Waals surface area (Å²) < 4.78 is 0. The van der Waals surface area contributed by atoms with Crippen LogP contribution in [-0.4, -0.2) is 19.3 Å². The van der Waals surface area contributed by atoms with Crippen molar-refractivity contribution in [1.29, 1.82) is 0 Å². The number of thiol groups is 1. The molecule has 0 heterocycles. The van der Waals surface area contributed by atoms with E-state index in [-0.39, 0.29) is 0 Å². The first-order valence-corrected chi connectivity index (χ1v) is 5.67. The van der Waals surface area contributed by atoms with Crippen molar-refractivity contribution in [2.24, 2.45) is 0 Å². The molecule has 14 heavy (non-hydrogen) atoms. The highest BCUT2D eigenvalue weighted by molar-refractivity contribution is 7.80. The highest BCUT2D eigenvalue weighted by atomic mass is 32.1. The average molecular weight is 209 g/mol. The fourth-order valence-corrected chi connectivity index (χ4v) is 1.75. The lowest BCUT2D eigenvalue weighted by Gasteiger charge is -2.19. The zero-order valence-electron chi connectivity index (χ0n) is 9.25. The summed E-state index contributed by atoms with van der Waals surface area (Å²) >= 11 is 4.22. The summed E-state index contributed by atoms with van der Waals surface area (Å²) in [6.45, 7) is 5.36. The number of hydrogen-bond acceptors (Lipinski definition) is 2. The van der Waals surface area contributed by atoms with E-state index < -0.39 is 0 Å². The summed E-state index contributed by atoms with van der Waals surface area (Å²) in [5.74, 6) is 0.954. The fraction of sp³-hybridized carbons (Fsp3) is 0.500. The Kier molecular flexibility index (Phi) is 4.33. The van der Waals surface area contributed by atoms with Crippen LogP contribution in [-0.2, 0) is 0 Å². The second-order valence-electron chi connectivity index (χ2n) is 3.84. The van der Waals surface area contributed by atoms with Crippen molar-refractivity contribution in [2.75, 3.05) is 24.2 Å². The molecule has 0 N–H and O–H groups in total. The maximum Gasteiger partial charge on any atom is 0.0368 e. The van der Waals surface area contributed by atoms with Gasteiger partial charge in [-0.2, -0.15) is 12.6 Å². The second kappa shape index (κ2) is 5.30. The summed E-state index contributed by atoms with van der Waals surface area (Å²) in [7, 11) is 2.14. The summed E-state index contributed by atoms with van der Waals surface area (Å²) in [5.41, 5.74) is 3.97. The first-order chi connectivity index (χ1) is 6.63. The molecule has 0 atom stereocenters. The van der Waals surface area contributed by atoms with Crippen LogP contribution in [0.1, 0.15) is 17.5 Å². The van der Waals surface area contributed by atoms with E-state index in [2.05, 4.69) is 56.6 Å². The topological polar surface area (TPSA) is 3.24 Å². The lowest BCUT2D eigenvalue weighted by Crippen LogP contribution is -2.18. The minimum Gasteiger partial charge on any atom is -0.375 e. The molecule has 0 fully saturated rings.